The molecule has 0 aromatic heterocycles. The van der Waals surface area contributed by atoms with Crippen molar-refractivity contribution in [3.8, 4) is 0 Å². The van der Waals surface area contributed by atoms with Gasteiger partial charge in [0, 0.05) is 22.7 Å². The van der Waals surface area contributed by atoms with Crippen molar-refractivity contribution in [3.05, 3.63) is 28.2 Å². The SMILES string of the molecule is CC1CCCN(Cc2cc(N)cc(Br)c2)C1C. The van der Waals surface area contributed by atoms with Gasteiger partial charge in [-0.15, -0.1) is 0 Å². The molecule has 2 nitrogen and oxygen atoms in total. The summed E-state index contributed by atoms with van der Waals surface area (Å²) in [6.07, 6.45) is 2.67. The van der Waals surface area contributed by atoms with E-state index in [1.165, 1.54) is 24.9 Å². The zero-order chi connectivity index (χ0) is 12.4. The third-order valence-electron chi connectivity index (χ3n) is 3.87. The maximum Gasteiger partial charge on any atom is 0.0328 e. The van der Waals surface area contributed by atoms with Gasteiger partial charge in [0.15, 0.2) is 0 Å². The van der Waals surface area contributed by atoms with Crippen LogP contribution < -0.4 is 5.73 Å². The molecule has 2 unspecified atom stereocenters. The van der Waals surface area contributed by atoms with E-state index in [0.29, 0.717) is 6.04 Å². The summed E-state index contributed by atoms with van der Waals surface area (Å²) in [5.74, 6) is 0.799. The van der Waals surface area contributed by atoms with E-state index in [9.17, 15) is 0 Å². The summed E-state index contributed by atoms with van der Waals surface area (Å²) in [5, 5.41) is 0. The van der Waals surface area contributed by atoms with Crippen LogP contribution in [-0.2, 0) is 6.54 Å². The van der Waals surface area contributed by atoms with Gasteiger partial charge in [-0.25, -0.2) is 0 Å². The normalized spacial score (nSPS) is 26.1. The first-order valence-corrected chi connectivity index (χ1v) is 7.14. The number of likely N-dealkylation sites (tertiary alicyclic amines) is 1. The molecule has 3 heteroatoms. The Balaban J connectivity index is 2.09. The second-order valence-corrected chi connectivity index (χ2v) is 6.14. The quantitative estimate of drug-likeness (QED) is 0.844. The van der Waals surface area contributed by atoms with E-state index in [1.54, 1.807) is 0 Å². The monoisotopic (exact) mass is 296 g/mol. The molecule has 1 aromatic carbocycles. The molecule has 2 N–H and O–H groups in total. The summed E-state index contributed by atoms with van der Waals surface area (Å²) in [6, 6.07) is 6.87. The summed E-state index contributed by atoms with van der Waals surface area (Å²) in [7, 11) is 0. The number of anilines is 1. The van der Waals surface area contributed by atoms with Crippen molar-refractivity contribution in [1.82, 2.24) is 4.90 Å². The molecule has 94 valence electrons. The highest BCUT2D eigenvalue weighted by Gasteiger charge is 2.24. The molecule has 2 rings (SSSR count). The van der Waals surface area contributed by atoms with Crippen LogP contribution >= 0.6 is 15.9 Å². The summed E-state index contributed by atoms with van der Waals surface area (Å²) in [4.78, 5) is 2.56. The van der Waals surface area contributed by atoms with E-state index >= 15 is 0 Å². The zero-order valence-electron chi connectivity index (χ0n) is 10.6. The van der Waals surface area contributed by atoms with Crippen LogP contribution in [0.5, 0.6) is 0 Å². The number of nitrogen functional groups attached to an aromatic ring is 1. The number of rotatable bonds is 2. The molecule has 0 amide bonds. The van der Waals surface area contributed by atoms with Crippen molar-refractivity contribution in [2.24, 2.45) is 5.92 Å². The minimum absolute atomic E-state index is 0.670. The molecule has 1 aliphatic heterocycles. The lowest BCUT2D eigenvalue weighted by Crippen LogP contribution is -2.41. The molecule has 1 saturated heterocycles. The van der Waals surface area contributed by atoms with Gasteiger partial charge in [-0.2, -0.15) is 0 Å². The van der Waals surface area contributed by atoms with Crippen molar-refractivity contribution in [3.63, 3.8) is 0 Å². The zero-order valence-corrected chi connectivity index (χ0v) is 12.2. The predicted molar refractivity (Wildman–Crippen MR) is 76.8 cm³/mol. The smallest absolute Gasteiger partial charge is 0.0328 e. The van der Waals surface area contributed by atoms with Crippen molar-refractivity contribution in [1.29, 1.82) is 0 Å². The van der Waals surface area contributed by atoms with E-state index in [-0.39, 0.29) is 0 Å². The third kappa shape index (κ3) is 3.23. The second-order valence-electron chi connectivity index (χ2n) is 5.22. The highest BCUT2D eigenvalue weighted by molar-refractivity contribution is 9.10. The minimum atomic E-state index is 0.670. The largest absolute Gasteiger partial charge is 0.399 e. The Labute approximate surface area is 112 Å². The van der Waals surface area contributed by atoms with Gasteiger partial charge in [-0.3, -0.25) is 4.90 Å². The van der Waals surface area contributed by atoms with E-state index < -0.39 is 0 Å². The molecule has 0 radical (unpaired) electrons. The molecule has 2 atom stereocenters. The topological polar surface area (TPSA) is 29.3 Å². The number of hydrogen-bond donors (Lipinski definition) is 1. The van der Waals surface area contributed by atoms with E-state index in [0.717, 1.165) is 22.6 Å². The lowest BCUT2D eigenvalue weighted by atomic mass is 9.92. The van der Waals surface area contributed by atoms with Crippen LogP contribution in [0.2, 0.25) is 0 Å². The summed E-state index contributed by atoms with van der Waals surface area (Å²) in [5.41, 5.74) is 8.02. The van der Waals surface area contributed by atoms with Gasteiger partial charge < -0.3 is 5.73 Å². The average Bonchev–Trinajstić information content (AvgIpc) is 2.23. The molecular weight excluding hydrogens is 276 g/mol. The Morgan fingerprint density at radius 3 is 2.82 bits per heavy atom. The number of hydrogen-bond acceptors (Lipinski definition) is 2. The second kappa shape index (κ2) is 5.40. The maximum absolute atomic E-state index is 5.88. The van der Waals surface area contributed by atoms with Gasteiger partial charge in [0.2, 0.25) is 0 Å². The molecule has 17 heavy (non-hydrogen) atoms. The van der Waals surface area contributed by atoms with E-state index in [2.05, 4.69) is 46.8 Å². The molecule has 1 aliphatic rings. The van der Waals surface area contributed by atoms with Crippen LogP contribution in [0.3, 0.4) is 0 Å². The Morgan fingerprint density at radius 2 is 2.12 bits per heavy atom. The third-order valence-corrected chi connectivity index (χ3v) is 4.33. The van der Waals surface area contributed by atoms with Gasteiger partial charge in [0.25, 0.3) is 0 Å². The highest BCUT2D eigenvalue weighted by atomic mass is 79.9. The van der Waals surface area contributed by atoms with Crippen LogP contribution in [0, 0.1) is 5.92 Å². The first kappa shape index (κ1) is 12.9. The van der Waals surface area contributed by atoms with Crippen LogP contribution in [0.25, 0.3) is 0 Å². The maximum atomic E-state index is 5.88. The van der Waals surface area contributed by atoms with E-state index in [1.807, 2.05) is 6.07 Å². The van der Waals surface area contributed by atoms with Crippen molar-refractivity contribution < 1.29 is 0 Å². The first-order chi connectivity index (χ1) is 8.06. The molecular formula is C14H21BrN2. The fourth-order valence-corrected chi connectivity index (χ4v) is 3.20. The fourth-order valence-electron chi connectivity index (χ4n) is 2.65. The molecule has 1 aromatic rings. The predicted octanol–water partition coefficient (Wildman–Crippen LogP) is 3.65. The fraction of sp³-hybridized carbons (Fsp3) is 0.571. The van der Waals surface area contributed by atoms with Crippen molar-refractivity contribution in [2.75, 3.05) is 12.3 Å². The molecule has 0 saturated carbocycles. The highest BCUT2D eigenvalue weighted by Crippen LogP contribution is 2.26. The number of halogens is 1. The van der Waals surface area contributed by atoms with Gasteiger partial charge in [-0.05, 0) is 56.0 Å². The van der Waals surface area contributed by atoms with Gasteiger partial charge in [-0.1, -0.05) is 22.9 Å². The van der Waals surface area contributed by atoms with Crippen molar-refractivity contribution >= 4 is 21.6 Å². The van der Waals surface area contributed by atoms with Gasteiger partial charge in [0.1, 0.15) is 0 Å². The number of benzene rings is 1. The molecule has 0 bridgehead atoms. The van der Waals surface area contributed by atoms with Gasteiger partial charge >= 0.3 is 0 Å². The lowest BCUT2D eigenvalue weighted by molar-refractivity contribution is 0.106. The Morgan fingerprint density at radius 1 is 1.35 bits per heavy atom. The first-order valence-electron chi connectivity index (χ1n) is 6.35. The summed E-state index contributed by atoms with van der Waals surface area (Å²) < 4.78 is 1.07. The molecule has 1 fully saturated rings. The van der Waals surface area contributed by atoms with Crippen molar-refractivity contribution in [2.45, 2.75) is 39.3 Å². The Hall–Kier alpha value is -0.540. The van der Waals surface area contributed by atoms with E-state index in [4.69, 9.17) is 5.73 Å². The Bertz CT molecular complexity index is 372. The van der Waals surface area contributed by atoms with Crippen LogP contribution in [0.4, 0.5) is 5.69 Å². The van der Waals surface area contributed by atoms with Crippen LogP contribution in [0.15, 0.2) is 22.7 Å². The standard InChI is InChI=1S/C14H21BrN2/c1-10-4-3-5-17(11(10)2)9-12-6-13(15)8-14(16)7-12/h6-8,10-11H,3-5,9,16H2,1-2H3. The van der Waals surface area contributed by atoms with Gasteiger partial charge in [0.05, 0.1) is 0 Å². The Kier molecular flexibility index (Phi) is 4.10. The lowest BCUT2D eigenvalue weighted by Gasteiger charge is -2.38. The molecule has 1 heterocycles. The minimum Gasteiger partial charge on any atom is -0.399 e. The number of nitrogens with two attached hydrogens (primary N) is 1. The summed E-state index contributed by atoms with van der Waals surface area (Å²) >= 11 is 3.51. The van der Waals surface area contributed by atoms with Crippen LogP contribution in [-0.4, -0.2) is 17.5 Å². The molecule has 0 spiro atoms. The number of piperidine rings is 1. The van der Waals surface area contributed by atoms with Crippen LogP contribution in [0.1, 0.15) is 32.3 Å². The summed E-state index contributed by atoms with van der Waals surface area (Å²) in [6.45, 7) is 6.91. The number of nitrogens with zero attached hydrogens (tertiary/aromatic N) is 1. The average molecular weight is 297 g/mol. The molecule has 0 aliphatic carbocycles.